The van der Waals surface area contributed by atoms with Gasteiger partial charge < -0.3 is 24.6 Å². The number of aromatic nitrogens is 1. The van der Waals surface area contributed by atoms with Crippen molar-refractivity contribution >= 4 is 33.7 Å². The van der Waals surface area contributed by atoms with Crippen LogP contribution < -0.4 is 15.7 Å². The van der Waals surface area contributed by atoms with Crippen molar-refractivity contribution in [3.8, 4) is 5.75 Å². The number of aliphatic carboxylic acids is 1. The fraction of sp³-hybridized carbons (Fsp3) is 0.269. The number of aryl methyl sites for hydroxylation is 1. The number of carbonyl (C=O) groups is 2. The quantitative estimate of drug-likeness (QED) is 0.325. The van der Waals surface area contributed by atoms with E-state index in [1.807, 2.05) is 31.2 Å². The molecule has 0 bridgehead atoms. The van der Waals surface area contributed by atoms with Crippen LogP contribution in [0.5, 0.6) is 5.75 Å². The van der Waals surface area contributed by atoms with Crippen LogP contribution in [-0.2, 0) is 22.4 Å². The number of amides is 1. The summed E-state index contributed by atoms with van der Waals surface area (Å²) in [6.45, 7) is 3.56. The number of benzene rings is 2. The Hall–Kier alpha value is -4.07. The Labute approximate surface area is 195 Å². The van der Waals surface area contributed by atoms with Crippen LogP contribution in [0, 0.1) is 0 Å². The van der Waals surface area contributed by atoms with E-state index in [0.29, 0.717) is 11.3 Å². The molecule has 0 aliphatic rings. The first-order valence-corrected chi connectivity index (χ1v) is 11.2. The number of fused-ring (bicyclic) bond motifs is 2. The van der Waals surface area contributed by atoms with Crippen molar-refractivity contribution in [1.29, 1.82) is 0 Å². The van der Waals surface area contributed by atoms with Gasteiger partial charge in [0.15, 0.2) is 6.10 Å². The summed E-state index contributed by atoms with van der Waals surface area (Å²) in [4.78, 5) is 39.6. The first-order chi connectivity index (χ1) is 16.4. The summed E-state index contributed by atoms with van der Waals surface area (Å²) < 4.78 is 11.0. The molecule has 2 heterocycles. The average Bonchev–Trinajstić information content (AvgIpc) is 3.21. The second-order valence-corrected chi connectivity index (χ2v) is 8.22. The van der Waals surface area contributed by atoms with Crippen LogP contribution in [-0.4, -0.2) is 34.1 Å². The topological polar surface area (TPSA) is 122 Å². The molecule has 1 amide bonds. The summed E-state index contributed by atoms with van der Waals surface area (Å²) >= 11 is 0. The van der Waals surface area contributed by atoms with Gasteiger partial charge in [0, 0.05) is 41.0 Å². The highest BCUT2D eigenvalue weighted by Crippen LogP contribution is 2.24. The maximum atomic E-state index is 12.7. The molecule has 0 fully saturated rings. The predicted octanol–water partition coefficient (Wildman–Crippen LogP) is 3.81. The molecular formula is C26H26N2O6. The fourth-order valence-electron chi connectivity index (χ4n) is 4.03. The number of ether oxygens (including phenoxy) is 1. The lowest BCUT2D eigenvalue weighted by Crippen LogP contribution is -2.47. The van der Waals surface area contributed by atoms with Crippen molar-refractivity contribution < 1.29 is 23.8 Å². The highest BCUT2D eigenvalue weighted by Gasteiger charge is 2.25. The van der Waals surface area contributed by atoms with E-state index in [4.69, 9.17) is 9.15 Å². The van der Waals surface area contributed by atoms with Crippen molar-refractivity contribution in [1.82, 2.24) is 10.3 Å². The largest absolute Gasteiger partial charge is 0.481 e. The Morgan fingerprint density at radius 1 is 1.12 bits per heavy atom. The summed E-state index contributed by atoms with van der Waals surface area (Å²) in [5, 5.41) is 14.0. The molecule has 1 unspecified atom stereocenters. The van der Waals surface area contributed by atoms with E-state index < -0.39 is 29.6 Å². The Kier molecular flexibility index (Phi) is 6.67. The van der Waals surface area contributed by atoms with Crippen LogP contribution in [0.25, 0.3) is 21.9 Å². The van der Waals surface area contributed by atoms with Crippen LogP contribution >= 0.6 is 0 Å². The molecule has 8 nitrogen and oxygen atoms in total. The van der Waals surface area contributed by atoms with Gasteiger partial charge in [0.2, 0.25) is 0 Å². The smallest absolute Gasteiger partial charge is 0.336 e. The van der Waals surface area contributed by atoms with Crippen LogP contribution in [0.1, 0.15) is 31.4 Å². The minimum Gasteiger partial charge on any atom is -0.481 e. The Balaban J connectivity index is 1.47. The molecule has 2 atom stereocenters. The number of carbonyl (C=O) groups excluding carboxylic acids is 1. The van der Waals surface area contributed by atoms with Gasteiger partial charge in [-0.15, -0.1) is 0 Å². The zero-order valence-electron chi connectivity index (χ0n) is 19.0. The van der Waals surface area contributed by atoms with Gasteiger partial charge in [0.05, 0.1) is 0 Å². The van der Waals surface area contributed by atoms with Gasteiger partial charge in [-0.3, -0.25) is 4.79 Å². The van der Waals surface area contributed by atoms with Gasteiger partial charge >= 0.3 is 11.6 Å². The van der Waals surface area contributed by atoms with Gasteiger partial charge in [-0.25, -0.2) is 9.59 Å². The van der Waals surface area contributed by atoms with Crippen LogP contribution in [0.15, 0.2) is 63.9 Å². The number of H-pyrrole nitrogens is 1. The average molecular weight is 463 g/mol. The molecule has 3 N–H and O–H groups in total. The Morgan fingerprint density at radius 3 is 2.68 bits per heavy atom. The van der Waals surface area contributed by atoms with Crippen LogP contribution in [0.4, 0.5) is 0 Å². The normalized spacial score (nSPS) is 13.0. The lowest BCUT2D eigenvalue weighted by molar-refractivity contribution is -0.142. The molecule has 0 aliphatic carbocycles. The van der Waals surface area contributed by atoms with Gasteiger partial charge in [-0.05, 0) is 42.7 Å². The molecule has 0 saturated carbocycles. The number of nitrogens with one attached hydrogen (secondary N) is 2. The van der Waals surface area contributed by atoms with Gasteiger partial charge in [-0.2, -0.15) is 0 Å². The molecular weight excluding hydrogens is 436 g/mol. The maximum absolute atomic E-state index is 12.7. The van der Waals surface area contributed by atoms with E-state index in [0.717, 1.165) is 40.3 Å². The van der Waals surface area contributed by atoms with E-state index in [9.17, 15) is 19.5 Å². The van der Waals surface area contributed by atoms with Crippen molar-refractivity contribution in [3.63, 3.8) is 0 Å². The number of para-hydroxylation sites is 1. The minimum atomic E-state index is -1.14. The molecule has 0 saturated heterocycles. The maximum Gasteiger partial charge on any atom is 0.336 e. The first-order valence-electron chi connectivity index (χ1n) is 11.2. The molecule has 0 aliphatic heterocycles. The second-order valence-electron chi connectivity index (χ2n) is 8.22. The van der Waals surface area contributed by atoms with Gasteiger partial charge in [0.25, 0.3) is 5.91 Å². The van der Waals surface area contributed by atoms with Crippen LogP contribution in [0.3, 0.4) is 0 Å². The van der Waals surface area contributed by atoms with Crippen LogP contribution in [0.2, 0.25) is 0 Å². The minimum absolute atomic E-state index is 0.124. The van der Waals surface area contributed by atoms with Crippen molar-refractivity contribution in [3.05, 3.63) is 76.3 Å². The Morgan fingerprint density at radius 2 is 1.91 bits per heavy atom. The Bertz CT molecular complexity index is 1400. The molecule has 0 radical (unpaired) electrons. The lowest BCUT2D eigenvalue weighted by Gasteiger charge is -2.19. The molecule has 34 heavy (non-hydrogen) atoms. The summed E-state index contributed by atoms with van der Waals surface area (Å²) in [7, 11) is 0. The highest BCUT2D eigenvalue weighted by atomic mass is 16.5. The SMILES string of the molecule is CCCc1cc(=O)oc2cc(OC(C)C(=O)N[C@H](Cc3c[nH]c4ccccc34)C(=O)O)ccc12. The zero-order valence-corrected chi connectivity index (χ0v) is 19.0. The summed E-state index contributed by atoms with van der Waals surface area (Å²) in [6, 6.07) is 13.0. The van der Waals surface area contributed by atoms with E-state index in [2.05, 4.69) is 10.3 Å². The van der Waals surface area contributed by atoms with Gasteiger partial charge in [0.1, 0.15) is 17.4 Å². The molecule has 4 rings (SSSR count). The molecule has 0 spiro atoms. The van der Waals surface area contributed by atoms with E-state index >= 15 is 0 Å². The molecule has 4 aromatic rings. The van der Waals surface area contributed by atoms with E-state index in [1.165, 1.54) is 13.0 Å². The van der Waals surface area contributed by atoms with E-state index in [1.54, 1.807) is 24.4 Å². The molecule has 2 aromatic heterocycles. The number of hydrogen-bond donors (Lipinski definition) is 3. The number of aromatic amines is 1. The van der Waals surface area contributed by atoms with Crippen molar-refractivity contribution in [2.24, 2.45) is 0 Å². The second kappa shape index (κ2) is 9.82. The number of carboxylic acid groups (broad SMARTS) is 1. The third-order valence-corrected chi connectivity index (χ3v) is 5.72. The fourth-order valence-corrected chi connectivity index (χ4v) is 4.03. The van der Waals surface area contributed by atoms with Gasteiger partial charge in [-0.1, -0.05) is 31.5 Å². The van der Waals surface area contributed by atoms with Crippen molar-refractivity contribution in [2.45, 2.75) is 45.3 Å². The summed E-state index contributed by atoms with van der Waals surface area (Å²) in [5.41, 5.74) is 2.52. The first kappa shape index (κ1) is 23.1. The third-order valence-electron chi connectivity index (χ3n) is 5.72. The summed E-state index contributed by atoms with van der Waals surface area (Å²) in [6.07, 6.45) is 2.54. The molecule has 176 valence electrons. The molecule has 2 aromatic carbocycles. The number of hydrogen-bond acceptors (Lipinski definition) is 5. The van der Waals surface area contributed by atoms with Crippen molar-refractivity contribution in [2.75, 3.05) is 0 Å². The zero-order chi connectivity index (χ0) is 24.2. The number of carboxylic acids is 1. The lowest BCUT2D eigenvalue weighted by atomic mass is 10.0. The monoisotopic (exact) mass is 462 g/mol. The predicted molar refractivity (Wildman–Crippen MR) is 128 cm³/mol. The standard InChI is InChI=1S/C26H26N2O6/c1-3-6-16-12-24(29)34-23-13-18(9-10-20(16)23)33-15(2)25(30)28-22(26(31)32)11-17-14-27-21-8-5-4-7-19(17)21/h4-5,7-10,12-15,22,27H,3,6,11H2,1-2H3,(H,28,30)(H,31,32)/t15?,22-/m1/s1. The summed E-state index contributed by atoms with van der Waals surface area (Å²) in [5.74, 6) is -1.36. The number of rotatable bonds is 9. The third kappa shape index (κ3) is 4.96. The van der Waals surface area contributed by atoms with E-state index in [-0.39, 0.29) is 6.42 Å². The molecule has 8 heteroatoms. The highest BCUT2D eigenvalue weighted by molar-refractivity contribution is 5.88.